The number of aryl methyl sites for hydroxylation is 2. The average Bonchev–Trinajstić information content (AvgIpc) is 2.91. The highest BCUT2D eigenvalue weighted by Crippen LogP contribution is 2.34. The molecular formula is C18H30N2. The zero-order chi connectivity index (χ0) is 14.7. The van der Waals surface area contributed by atoms with E-state index in [0.29, 0.717) is 18.0 Å². The van der Waals surface area contributed by atoms with Crippen molar-refractivity contribution in [2.24, 2.45) is 11.7 Å². The van der Waals surface area contributed by atoms with Crippen LogP contribution in [0.15, 0.2) is 18.2 Å². The van der Waals surface area contributed by atoms with Crippen LogP contribution in [0, 0.1) is 19.8 Å². The van der Waals surface area contributed by atoms with Gasteiger partial charge in [-0.25, -0.2) is 0 Å². The second-order valence-electron chi connectivity index (χ2n) is 6.34. The molecule has 0 amide bonds. The molecule has 3 unspecified atom stereocenters. The van der Waals surface area contributed by atoms with Gasteiger partial charge >= 0.3 is 0 Å². The maximum absolute atomic E-state index is 5.97. The lowest BCUT2D eigenvalue weighted by atomic mass is 9.96. The smallest absolute Gasteiger partial charge is 0.0322 e. The Morgan fingerprint density at radius 1 is 1.25 bits per heavy atom. The first-order valence-corrected chi connectivity index (χ1v) is 8.11. The topological polar surface area (TPSA) is 29.3 Å². The van der Waals surface area contributed by atoms with Crippen molar-refractivity contribution in [2.45, 2.75) is 59.0 Å². The van der Waals surface area contributed by atoms with Crippen LogP contribution in [0.2, 0.25) is 0 Å². The molecule has 0 radical (unpaired) electrons. The van der Waals surface area contributed by atoms with Gasteiger partial charge in [0.1, 0.15) is 0 Å². The molecule has 20 heavy (non-hydrogen) atoms. The Morgan fingerprint density at radius 2 is 2.00 bits per heavy atom. The summed E-state index contributed by atoms with van der Waals surface area (Å²) in [4.78, 5) is 2.66. The average molecular weight is 274 g/mol. The van der Waals surface area contributed by atoms with E-state index < -0.39 is 0 Å². The summed E-state index contributed by atoms with van der Waals surface area (Å²) < 4.78 is 0. The van der Waals surface area contributed by atoms with E-state index in [1.54, 1.807) is 0 Å². The molecule has 2 nitrogen and oxygen atoms in total. The van der Waals surface area contributed by atoms with Crippen molar-refractivity contribution in [1.29, 1.82) is 0 Å². The van der Waals surface area contributed by atoms with E-state index in [4.69, 9.17) is 5.73 Å². The molecule has 1 aromatic rings. The summed E-state index contributed by atoms with van der Waals surface area (Å²) in [5.74, 6) is 0.684. The number of nitrogens with two attached hydrogens (primary N) is 1. The van der Waals surface area contributed by atoms with Crippen molar-refractivity contribution in [1.82, 2.24) is 4.90 Å². The summed E-state index contributed by atoms with van der Waals surface area (Å²) in [6.45, 7) is 11.0. The molecule has 2 rings (SSSR count). The number of hydrogen-bond acceptors (Lipinski definition) is 2. The SMILES string of the molecule is CCN(C(C)c1ccc(C)c(C)c1)C1CCCC1CN. The first kappa shape index (κ1) is 15.5. The normalized spacial score (nSPS) is 24.3. The van der Waals surface area contributed by atoms with Crippen LogP contribution >= 0.6 is 0 Å². The Labute approximate surface area is 124 Å². The van der Waals surface area contributed by atoms with Crippen LogP contribution in [0.4, 0.5) is 0 Å². The lowest BCUT2D eigenvalue weighted by Gasteiger charge is -2.37. The highest BCUT2D eigenvalue weighted by Gasteiger charge is 2.33. The first-order valence-electron chi connectivity index (χ1n) is 8.11. The maximum atomic E-state index is 5.97. The molecule has 0 aromatic heterocycles. The van der Waals surface area contributed by atoms with E-state index in [2.05, 4.69) is 50.8 Å². The largest absolute Gasteiger partial charge is 0.330 e. The Bertz CT molecular complexity index is 441. The number of nitrogens with zero attached hydrogens (tertiary/aromatic N) is 1. The molecule has 1 aliphatic carbocycles. The van der Waals surface area contributed by atoms with Crippen LogP contribution in [0.5, 0.6) is 0 Å². The van der Waals surface area contributed by atoms with Gasteiger partial charge in [-0.1, -0.05) is 31.5 Å². The van der Waals surface area contributed by atoms with Gasteiger partial charge in [0.25, 0.3) is 0 Å². The summed E-state index contributed by atoms with van der Waals surface area (Å²) in [6.07, 6.45) is 3.95. The molecule has 0 spiro atoms. The van der Waals surface area contributed by atoms with Gasteiger partial charge in [0.15, 0.2) is 0 Å². The summed E-state index contributed by atoms with van der Waals surface area (Å²) in [5.41, 5.74) is 10.2. The van der Waals surface area contributed by atoms with Crippen LogP contribution in [0.1, 0.15) is 55.8 Å². The molecule has 0 saturated heterocycles. The van der Waals surface area contributed by atoms with Crippen LogP contribution in [0.3, 0.4) is 0 Å². The van der Waals surface area contributed by atoms with Crippen molar-refractivity contribution >= 4 is 0 Å². The molecule has 112 valence electrons. The molecule has 3 atom stereocenters. The maximum Gasteiger partial charge on any atom is 0.0322 e. The van der Waals surface area contributed by atoms with Gasteiger partial charge in [0, 0.05) is 12.1 Å². The van der Waals surface area contributed by atoms with Crippen molar-refractivity contribution in [3.63, 3.8) is 0 Å². The molecule has 1 saturated carbocycles. The second kappa shape index (κ2) is 6.73. The predicted octanol–water partition coefficient (Wildman–Crippen LogP) is 3.81. The fourth-order valence-corrected chi connectivity index (χ4v) is 3.74. The molecule has 1 fully saturated rings. The Morgan fingerprint density at radius 3 is 2.60 bits per heavy atom. The molecule has 2 heteroatoms. The highest BCUT2D eigenvalue weighted by molar-refractivity contribution is 5.31. The van der Waals surface area contributed by atoms with Crippen molar-refractivity contribution in [3.05, 3.63) is 34.9 Å². The van der Waals surface area contributed by atoms with Crippen LogP contribution in [-0.2, 0) is 0 Å². The Balaban J connectivity index is 2.19. The second-order valence-corrected chi connectivity index (χ2v) is 6.34. The molecule has 1 aromatic carbocycles. The fourth-order valence-electron chi connectivity index (χ4n) is 3.74. The third kappa shape index (κ3) is 3.07. The minimum atomic E-state index is 0.483. The minimum absolute atomic E-state index is 0.483. The summed E-state index contributed by atoms with van der Waals surface area (Å²) >= 11 is 0. The summed E-state index contributed by atoms with van der Waals surface area (Å²) in [6, 6.07) is 8.05. The van der Waals surface area contributed by atoms with Gasteiger partial charge in [-0.15, -0.1) is 0 Å². The first-order chi connectivity index (χ1) is 9.58. The van der Waals surface area contributed by atoms with E-state index in [1.807, 2.05) is 0 Å². The van der Waals surface area contributed by atoms with Crippen LogP contribution in [0.25, 0.3) is 0 Å². The zero-order valence-electron chi connectivity index (χ0n) is 13.5. The van der Waals surface area contributed by atoms with Crippen LogP contribution in [-0.4, -0.2) is 24.0 Å². The number of rotatable bonds is 5. The quantitative estimate of drug-likeness (QED) is 0.884. The van der Waals surface area contributed by atoms with Gasteiger partial charge in [-0.05, 0) is 69.3 Å². The van der Waals surface area contributed by atoms with E-state index >= 15 is 0 Å². The minimum Gasteiger partial charge on any atom is -0.330 e. The third-order valence-corrected chi connectivity index (χ3v) is 5.22. The number of benzene rings is 1. The van der Waals surface area contributed by atoms with E-state index in [-0.39, 0.29) is 0 Å². The van der Waals surface area contributed by atoms with E-state index in [1.165, 1.54) is 36.0 Å². The highest BCUT2D eigenvalue weighted by atomic mass is 15.2. The van der Waals surface area contributed by atoms with Crippen molar-refractivity contribution in [2.75, 3.05) is 13.1 Å². The van der Waals surface area contributed by atoms with Crippen LogP contribution < -0.4 is 5.73 Å². The molecule has 0 heterocycles. The molecule has 0 aliphatic heterocycles. The number of hydrogen-bond donors (Lipinski definition) is 1. The summed E-state index contributed by atoms with van der Waals surface area (Å²) in [5, 5.41) is 0. The molecule has 1 aliphatic rings. The van der Waals surface area contributed by atoms with E-state index in [0.717, 1.165) is 13.1 Å². The van der Waals surface area contributed by atoms with Gasteiger partial charge < -0.3 is 5.73 Å². The Hall–Kier alpha value is -0.860. The van der Waals surface area contributed by atoms with Gasteiger partial charge in [0.05, 0.1) is 0 Å². The Kier molecular flexibility index (Phi) is 5.22. The monoisotopic (exact) mass is 274 g/mol. The van der Waals surface area contributed by atoms with Gasteiger partial charge in [-0.2, -0.15) is 0 Å². The molecular weight excluding hydrogens is 244 g/mol. The molecule has 0 bridgehead atoms. The molecule has 2 N–H and O–H groups in total. The van der Waals surface area contributed by atoms with Gasteiger partial charge in [0.2, 0.25) is 0 Å². The van der Waals surface area contributed by atoms with E-state index in [9.17, 15) is 0 Å². The standard InChI is InChI=1S/C18H30N2/c1-5-20(18-8-6-7-17(18)12-19)15(4)16-10-9-13(2)14(3)11-16/h9-11,15,17-18H,5-8,12,19H2,1-4H3. The zero-order valence-corrected chi connectivity index (χ0v) is 13.5. The van der Waals surface area contributed by atoms with Crippen molar-refractivity contribution < 1.29 is 0 Å². The fraction of sp³-hybridized carbons (Fsp3) is 0.667. The third-order valence-electron chi connectivity index (χ3n) is 5.22. The predicted molar refractivity (Wildman–Crippen MR) is 86.9 cm³/mol. The lowest BCUT2D eigenvalue weighted by molar-refractivity contribution is 0.123. The lowest BCUT2D eigenvalue weighted by Crippen LogP contribution is -2.41. The van der Waals surface area contributed by atoms with Gasteiger partial charge in [-0.3, -0.25) is 4.90 Å². The summed E-state index contributed by atoms with van der Waals surface area (Å²) in [7, 11) is 0. The van der Waals surface area contributed by atoms with Crippen molar-refractivity contribution in [3.8, 4) is 0 Å².